The van der Waals surface area contributed by atoms with Crippen molar-refractivity contribution in [3.8, 4) is 11.8 Å². The normalized spacial score (nSPS) is 11.3. The molecule has 108 valence electrons. The molecular weight excluding hydrogens is 258 g/mol. The molecule has 1 unspecified atom stereocenters. The van der Waals surface area contributed by atoms with Gasteiger partial charge in [0.1, 0.15) is 11.8 Å². The summed E-state index contributed by atoms with van der Waals surface area (Å²) in [6, 6.07) is 6.93. The van der Waals surface area contributed by atoms with Crippen molar-refractivity contribution in [2.24, 2.45) is 0 Å². The lowest BCUT2D eigenvalue weighted by Gasteiger charge is -2.27. The van der Waals surface area contributed by atoms with Gasteiger partial charge in [-0.15, -0.1) is 0 Å². The molecule has 0 aliphatic carbocycles. The zero-order valence-corrected chi connectivity index (χ0v) is 11.9. The summed E-state index contributed by atoms with van der Waals surface area (Å²) >= 11 is 0. The molecule has 1 rings (SSSR count). The van der Waals surface area contributed by atoms with Crippen molar-refractivity contribution in [1.82, 2.24) is 0 Å². The van der Waals surface area contributed by atoms with E-state index >= 15 is 0 Å². The summed E-state index contributed by atoms with van der Waals surface area (Å²) in [5.74, 6) is 0.380. The Hall–Kier alpha value is -2.26. The molecule has 20 heavy (non-hydrogen) atoms. The van der Waals surface area contributed by atoms with Crippen LogP contribution >= 0.6 is 0 Å². The number of ether oxygens (including phenoxy) is 1. The Balaban J connectivity index is 3.19. The van der Waals surface area contributed by atoms with E-state index in [0.29, 0.717) is 23.7 Å². The van der Waals surface area contributed by atoms with Crippen molar-refractivity contribution in [3.05, 3.63) is 18.2 Å². The summed E-state index contributed by atoms with van der Waals surface area (Å²) < 4.78 is 5.20. The molecule has 0 radical (unpaired) electrons. The van der Waals surface area contributed by atoms with Gasteiger partial charge in [-0.25, -0.2) is 0 Å². The first-order chi connectivity index (χ1) is 9.51. The Morgan fingerprint density at radius 3 is 2.75 bits per heavy atom. The number of amides is 1. The van der Waals surface area contributed by atoms with Crippen molar-refractivity contribution in [2.45, 2.75) is 19.9 Å². The maximum Gasteiger partial charge on any atom is 0.221 e. The van der Waals surface area contributed by atoms with Crippen molar-refractivity contribution in [2.75, 3.05) is 30.5 Å². The average Bonchev–Trinajstić information content (AvgIpc) is 2.42. The van der Waals surface area contributed by atoms with E-state index in [4.69, 9.17) is 15.1 Å². The number of methoxy groups -OCH3 is 1. The van der Waals surface area contributed by atoms with Crippen LogP contribution in [0.2, 0.25) is 0 Å². The van der Waals surface area contributed by atoms with Gasteiger partial charge in [0.15, 0.2) is 0 Å². The smallest absolute Gasteiger partial charge is 0.221 e. The summed E-state index contributed by atoms with van der Waals surface area (Å²) in [6.45, 7) is 3.41. The van der Waals surface area contributed by atoms with Gasteiger partial charge in [-0.05, 0) is 13.0 Å². The largest absolute Gasteiger partial charge is 0.497 e. The van der Waals surface area contributed by atoms with E-state index in [-0.39, 0.29) is 12.5 Å². The minimum absolute atomic E-state index is 0.0707. The molecule has 0 spiro atoms. The number of hydrogen-bond acceptors (Lipinski definition) is 5. The van der Waals surface area contributed by atoms with Crippen LogP contribution in [0.25, 0.3) is 0 Å². The van der Waals surface area contributed by atoms with Gasteiger partial charge in [-0.3, -0.25) is 4.79 Å². The van der Waals surface area contributed by atoms with Crippen LogP contribution in [0.3, 0.4) is 0 Å². The first-order valence-corrected chi connectivity index (χ1v) is 6.25. The highest BCUT2D eigenvalue weighted by Crippen LogP contribution is 2.28. The third-order valence-electron chi connectivity index (χ3n) is 2.77. The predicted octanol–water partition coefficient (Wildman–Crippen LogP) is 1.36. The Kier molecular flexibility index (Phi) is 5.81. The zero-order chi connectivity index (χ0) is 15.1. The van der Waals surface area contributed by atoms with E-state index in [1.807, 2.05) is 0 Å². The van der Waals surface area contributed by atoms with Crippen molar-refractivity contribution in [1.29, 1.82) is 5.26 Å². The molecule has 0 saturated carbocycles. The van der Waals surface area contributed by atoms with Gasteiger partial charge >= 0.3 is 0 Å². The number of carbonyl (C=O) groups excluding carboxylic acids is 1. The second-order valence-electron chi connectivity index (χ2n) is 4.32. The highest BCUT2D eigenvalue weighted by atomic mass is 16.5. The number of aliphatic hydroxyl groups excluding tert-OH is 1. The topological polar surface area (TPSA) is 85.6 Å². The van der Waals surface area contributed by atoms with Crippen molar-refractivity contribution in [3.63, 3.8) is 0 Å². The van der Waals surface area contributed by atoms with E-state index in [2.05, 4.69) is 11.4 Å². The highest BCUT2D eigenvalue weighted by Gasteiger charge is 2.15. The summed E-state index contributed by atoms with van der Waals surface area (Å²) in [6.07, 6.45) is 0. The molecule has 0 fully saturated rings. The van der Waals surface area contributed by atoms with E-state index in [1.54, 1.807) is 30.0 Å². The van der Waals surface area contributed by atoms with Crippen molar-refractivity contribution < 1.29 is 14.6 Å². The fourth-order valence-corrected chi connectivity index (χ4v) is 1.87. The molecule has 2 N–H and O–H groups in total. The number of rotatable bonds is 6. The standard InChI is InChI=1S/C14H19N3O3/c1-10(9-15)17(4-5-18)13-6-12(16-11(2)19)7-14(8-13)20-3/h6-8,10,18H,4-5H2,1-3H3,(H,16,19). The summed E-state index contributed by atoms with van der Waals surface area (Å²) in [4.78, 5) is 12.9. The quantitative estimate of drug-likeness (QED) is 0.820. The Labute approximate surface area is 118 Å². The number of aliphatic hydroxyl groups is 1. The van der Waals surface area contributed by atoms with E-state index in [0.717, 1.165) is 0 Å². The number of nitriles is 1. The SMILES string of the molecule is COc1cc(NC(C)=O)cc(N(CCO)C(C)C#N)c1. The van der Waals surface area contributed by atoms with Gasteiger partial charge in [0, 0.05) is 37.0 Å². The lowest BCUT2D eigenvalue weighted by molar-refractivity contribution is -0.114. The van der Waals surface area contributed by atoms with Crippen LogP contribution in [0.5, 0.6) is 5.75 Å². The lowest BCUT2D eigenvalue weighted by atomic mass is 10.2. The molecule has 0 aliphatic heterocycles. The minimum atomic E-state index is -0.403. The molecule has 1 aromatic carbocycles. The number of nitrogens with one attached hydrogen (secondary N) is 1. The molecule has 1 atom stereocenters. The second-order valence-corrected chi connectivity index (χ2v) is 4.32. The number of anilines is 2. The molecule has 0 heterocycles. The number of benzene rings is 1. The summed E-state index contributed by atoms with van der Waals surface area (Å²) in [7, 11) is 1.53. The Morgan fingerprint density at radius 2 is 2.25 bits per heavy atom. The minimum Gasteiger partial charge on any atom is -0.497 e. The maximum absolute atomic E-state index is 11.2. The van der Waals surface area contributed by atoms with Crippen LogP contribution in [0, 0.1) is 11.3 Å². The van der Waals surface area contributed by atoms with Crippen LogP contribution < -0.4 is 15.0 Å². The molecule has 0 aromatic heterocycles. The van der Waals surface area contributed by atoms with Crippen LogP contribution in [-0.2, 0) is 4.79 Å². The molecule has 1 aromatic rings. The van der Waals surface area contributed by atoms with Gasteiger partial charge in [0.2, 0.25) is 5.91 Å². The molecule has 6 heteroatoms. The fourth-order valence-electron chi connectivity index (χ4n) is 1.87. The molecule has 1 amide bonds. The number of hydrogen-bond donors (Lipinski definition) is 2. The average molecular weight is 277 g/mol. The van der Waals surface area contributed by atoms with Gasteiger partial charge < -0.3 is 20.1 Å². The van der Waals surface area contributed by atoms with E-state index < -0.39 is 6.04 Å². The Bertz CT molecular complexity index is 511. The lowest BCUT2D eigenvalue weighted by Crippen LogP contribution is -2.34. The van der Waals surface area contributed by atoms with Gasteiger partial charge in [0.25, 0.3) is 0 Å². The van der Waals surface area contributed by atoms with Crippen LogP contribution in [-0.4, -0.2) is 37.3 Å². The van der Waals surface area contributed by atoms with Gasteiger partial charge in [-0.1, -0.05) is 0 Å². The van der Waals surface area contributed by atoms with Crippen LogP contribution in [0.4, 0.5) is 11.4 Å². The number of nitrogens with zero attached hydrogens (tertiary/aromatic N) is 2. The third kappa shape index (κ3) is 4.14. The fraction of sp³-hybridized carbons (Fsp3) is 0.429. The Morgan fingerprint density at radius 1 is 1.55 bits per heavy atom. The summed E-state index contributed by atoms with van der Waals surface area (Å²) in [5, 5.41) is 20.9. The monoisotopic (exact) mass is 277 g/mol. The maximum atomic E-state index is 11.2. The second kappa shape index (κ2) is 7.36. The molecule has 0 aliphatic rings. The summed E-state index contributed by atoms with van der Waals surface area (Å²) in [5.41, 5.74) is 1.29. The van der Waals surface area contributed by atoms with Gasteiger partial charge in [-0.2, -0.15) is 5.26 Å². The van der Waals surface area contributed by atoms with E-state index in [9.17, 15) is 4.79 Å². The molecular formula is C14H19N3O3. The van der Waals surface area contributed by atoms with Crippen molar-refractivity contribution >= 4 is 17.3 Å². The van der Waals surface area contributed by atoms with Crippen LogP contribution in [0.1, 0.15) is 13.8 Å². The van der Waals surface area contributed by atoms with Crippen LogP contribution in [0.15, 0.2) is 18.2 Å². The first-order valence-electron chi connectivity index (χ1n) is 6.25. The van der Waals surface area contributed by atoms with E-state index in [1.165, 1.54) is 14.0 Å². The molecule has 0 saturated heterocycles. The highest BCUT2D eigenvalue weighted by molar-refractivity contribution is 5.89. The third-order valence-corrected chi connectivity index (χ3v) is 2.77. The number of carbonyl (C=O) groups is 1. The van der Waals surface area contributed by atoms with Gasteiger partial charge in [0.05, 0.1) is 19.8 Å². The molecule has 6 nitrogen and oxygen atoms in total. The molecule has 0 bridgehead atoms. The zero-order valence-electron chi connectivity index (χ0n) is 11.9. The predicted molar refractivity (Wildman–Crippen MR) is 76.8 cm³/mol. The first kappa shape index (κ1) is 15.8.